The minimum atomic E-state index is 0.342. The molecule has 2 aromatic heterocycles. The minimum Gasteiger partial charge on any atom is -0.692 e. The van der Waals surface area contributed by atoms with Crippen LogP contribution in [-0.2, 0) is 12.8 Å². The first-order valence-corrected chi connectivity index (χ1v) is 7.53. The molecule has 118 valence electrons. The molecule has 0 amide bonds. The summed E-state index contributed by atoms with van der Waals surface area (Å²) in [7, 11) is 0. The van der Waals surface area contributed by atoms with E-state index >= 15 is 0 Å². The number of rotatable bonds is 1. The van der Waals surface area contributed by atoms with Crippen LogP contribution in [0, 0.1) is 10.4 Å². The van der Waals surface area contributed by atoms with Crippen LogP contribution in [0.15, 0.2) is 47.1 Å². The maximum atomic E-state index is 12.7. The Bertz CT molecular complexity index is 1090. The third-order valence-corrected chi connectivity index (χ3v) is 4.38. The van der Waals surface area contributed by atoms with E-state index in [0.29, 0.717) is 46.2 Å². The van der Waals surface area contributed by atoms with Gasteiger partial charge in [-0.25, -0.2) is 0 Å². The van der Waals surface area contributed by atoms with Crippen molar-refractivity contribution in [2.45, 2.75) is 12.8 Å². The fraction of sp³-hybridized carbons (Fsp3) is 0.125. The standard InChI is InChI=1S/C16H11N5O3/c22-20-13-8-9-14-16(18-24-21(14)23)15(13)17-19(20)12-7-3-5-10-4-1-2-6-11(10)12/h1-7H,8-9H2. The van der Waals surface area contributed by atoms with E-state index in [1.807, 2.05) is 42.5 Å². The molecule has 1 aliphatic rings. The first-order valence-electron chi connectivity index (χ1n) is 7.53. The van der Waals surface area contributed by atoms with E-state index in [2.05, 4.69) is 14.9 Å². The largest absolute Gasteiger partial charge is 0.692 e. The molecule has 0 bridgehead atoms. The van der Waals surface area contributed by atoms with Crippen LogP contribution in [0.3, 0.4) is 0 Å². The molecule has 0 fully saturated rings. The van der Waals surface area contributed by atoms with E-state index in [0.717, 1.165) is 15.6 Å². The van der Waals surface area contributed by atoms with Gasteiger partial charge in [-0.15, -0.1) is 4.85 Å². The third-order valence-electron chi connectivity index (χ3n) is 4.38. The Labute approximate surface area is 135 Å². The van der Waals surface area contributed by atoms with Crippen molar-refractivity contribution in [3.8, 4) is 17.1 Å². The first kappa shape index (κ1) is 13.1. The normalized spacial score (nSPS) is 13.0. The van der Waals surface area contributed by atoms with E-state index in [4.69, 9.17) is 0 Å². The van der Waals surface area contributed by atoms with Gasteiger partial charge >= 0.3 is 11.4 Å². The Hall–Kier alpha value is -3.42. The Balaban J connectivity index is 1.78. The van der Waals surface area contributed by atoms with Crippen LogP contribution in [0.5, 0.6) is 0 Å². The van der Waals surface area contributed by atoms with E-state index < -0.39 is 0 Å². The molecule has 0 unspecified atom stereocenters. The van der Waals surface area contributed by atoms with E-state index in [-0.39, 0.29) is 0 Å². The minimum absolute atomic E-state index is 0.342. The lowest BCUT2D eigenvalue weighted by atomic mass is 10.0. The fourth-order valence-electron chi connectivity index (χ4n) is 3.22. The quantitative estimate of drug-likeness (QED) is 0.385. The Morgan fingerprint density at radius 1 is 0.958 bits per heavy atom. The molecular weight excluding hydrogens is 310 g/mol. The van der Waals surface area contributed by atoms with Gasteiger partial charge in [0.15, 0.2) is 5.69 Å². The van der Waals surface area contributed by atoms with E-state index in [1.165, 1.54) is 4.80 Å². The topological polar surface area (TPSA) is 97.7 Å². The predicted molar refractivity (Wildman–Crippen MR) is 81.9 cm³/mol. The second-order valence-corrected chi connectivity index (χ2v) is 5.68. The van der Waals surface area contributed by atoms with Crippen LogP contribution in [0.1, 0.15) is 11.4 Å². The molecule has 1 aliphatic carbocycles. The van der Waals surface area contributed by atoms with Gasteiger partial charge in [0.25, 0.3) is 0 Å². The van der Waals surface area contributed by atoms with Crippen LogP contribution in [-0.4, -0.2) is 15.1 Å². The van der Waals surface area contributed by atoms with E-state index in [9.17, 15) is 10.4 Å². The maximum Gasteiger partial charge on any atom is 0.303 e. The van der Waals surface area contributed by atoms with Crippen molar-refractivity contribution in [3.63, 3.8) is 0 Å². The number of hydrogen-bond donors (Lipinski definition) is 0. The lowest BCUT2D eigenvalue weighted by Crippen LogP contribution is -2.41. The highest BCUT2D eigenvalue weighted by atomic mass is 16.8. The van der Waals surface area contributed by atoms with Crippen molar-refractivity contribution < 1.29 is 14.4 Å². The summed E-state index contributed by atoms with van der Waals surface area (Å²) in [6.45, 7) is 0. The molecule has 0 saturated heterocycles. The molecule has 2 aromatic carbocycles. The van der Waals surface area contributed by atoms with Crippen LogP contribution in [0.25, 0.3) is 27.8 Å². The van der Waals surface area contributed by atoms with Crippen molar-refractivity contribution in [1.29, 1.82) is 0 Å². The molecule has 0 aliphatic heterocycles. The average molecular weight is 321 g/mol. The summed E-state index contributed by atoms with van der Waals surface area (Å²) in [5.74, 6) is 0. The van der Waals surface area contributed by atoms with Gasteiger partial charge in [-0.1, -0.05) is 36.4 Å². The monoisotopic (exact) mass is 321 g/mol. The highest BCUT2D eigenvalue weighted by Gasteiger charge is 2.39. The molecule has 0 N–H and O–H groups in total. The zero-order valence-corrected chi connectivity index (χ0v) is 12.4. The van der Waals surface area contributed by atoms with Gasteiger partial charge in [-0.3, -0.25) is 4.63 Å². The molecule has 0 spiro atoms. The Morgan fingerprint density at radius 3 is 2.67 bits per heavy atom. The number of nitrogens with zero attached hydrogens (tertiary/aromatic N) is 5. The van der Waals surface area contributed by atoms with Gasteiger partial charge in [-0.2, -0.15) is 0 Å². The zero-order chi connectivity index (χ0) is 16.3. The summed E-state index contributed by atoms with van der Waals surface area (Å²) < 4.78 is 4.65. The molecule has 8 nitrogen and oxygen atoms in total. The molecule has 4 aromatic rings. The second kappa shape index (κ2) is 4.54. The molecule has 24 heavy (non-hydrogen) atoms. The van der Waals surface area contributed by atoms with Crippen LogP contribution >= 0.6 is 0 Å². The second-order valence-electron chi connectivity index (χ2n) is 5.68. The van der Waals surface area contributed by atoms with Crippen LogP contribution in [0.4, 0.5) is 0 Å². The number of aromatic nitrogens is 5. The van der Waals surface area contributed by atoms with Gasteiger partial charge < -0.3 is 10.4 Å². The van der Waals surface area contributed by atoms with E-state index in [1.54, 1.807) is 0 Å². The van der Waals surface area contributed by atoms with Crippen molar-refractivity contribution in [3.05, 3.63) is 64.3 Å². The highest BCUT2D eigenvalue weighted by Crippen LogP contribution is 2.28. The van der Waals surface area contributed by atoms with Gasteiger partial charge in [-0.05, 0) is 21.2 Å². The van der Waals surface area contributed by atoms with Crippen LogP contribution in [0.2, 0.25) is 0 Å². The molecule has 5 rings (SSSR count). The summed E-state index contributed by atoms with van der Waals surface area (Å²) in [5.41, 5.74) is 2.32. The van der Waals surface area contributed by atoms with Crippen molar-refractivity contribution in [2.24, 2.45) is 0 Å². The number of benzene rings is 2. The summed E-state index contributed by atoms with van der Waals surface area (Å²) in [6.07, 6.45) is 0.818. The molecule has 2 heterocycles. The maximum absolute atomic E-state index is 12.7. The predicted octanol–water partition coefficient (Wildman–Crippen LogP) is 1.05. The molecule has 0 atom stereocenters. The first-order chi connectivity index (χ1) is 11.7. The molecule has 8 heteroatoms. The smallest absolute Gasteiger partial charge is 0.303 e. The van der Waals surface area contributed by atoms with Gasteiger partial charge in [0, 0.05) is 18.2 Å². The Kier molecular flexibility index (Phi) is 2.47. The zero-order valence-electron chi connectivity index (χ0n) is 12.4. The lowest BCUT2D eigenvalue weighted by molar-refractivity contribution is -0.808. The summed E-state index contributed by atoms with van der Waals surface area (Å²) >= 11 is 0. The summed E-state index contributed by atoms with van der Waals surface area (Å²) in [5, 5.41) is 34.4. The fourth-order valence-corrected chi connectivity index (χ4v) is 3.22. The van der Waals surface area contributed by atoms with Crippen LogP contribution < -0.4 is 9.75 Å². The third kappa shape index (κ3) is 1.62. The van der Waals surface area contributed by atoms with Gasteiger partial charge in [0.1, 0.15) is 5.69 Å². The number of fused-ring (bicyclic) bond motifs is 4. The summed E-state index contributed by atoms with van der Waals surface area (Å²) in [6, 6.07) is 13.5. The Morgan fingerprint density at radius 2 is 1.75 bits per heavy atom. The SMILES string of the molecule is [O-][n+]1onc2c1CCc1c-2nn(-c2cccc3ccccc23)[n+]1[O-]. The molecule has 0 saturated carbocycles. The molecular formula is C16H11N5O3. The molecule has 0 radical (unpaired) electrons. The number of hydrogen-bond acceptors (Lipinski definition) is 5. The van der Waals surface area contributed by atoms with Crippen molar-refractivity contribution >= 4 is 10.8 Å². The van der Waals surface area contributed by atoms with Crippen molar-refractivity contribution in [2.75, 3.05) is 0 Å². The lowest BCUT2D eigenvalue weighted by Gasteiger charge is -2.09. The highest BCUT2D eigenvalue weighted by molar-refractivity contribution is 5.89. The van der Waals surface area contributed by atoms with Gasteiger partial charge in [0.2, 0.25) is 5.69 Å². The summed E-state index contributed by atoms with van der Waals surface area (Å²) in [4.78, 5) is 2.46. The average Bonchev–Trinajstić information content (AvgIpc) is 3.15. The van der Waals surface area contributed by atoms with Crippen molar-refractivity contribution in [1.82, 2.24) is 15.1 Å². The van der Waals surface area contributed by atoms with Gasteiger partial charge in [0.05, 0.1) is 10.3 Å².